The molecule has 5 nitrogen and oxygen atoms in total. The number of nitrogens with one attached hydrogen (secondary N) is 1. The highest BCUT2D eigenvalue weighted by atomic mass is 32.1. The molecule has 0 bridgehead atoms. The van der Waals surface area contributed by atoms with Crippen molar-refractivity contribution in [2.24, 2.45) is 0 Å². The molecule has 0 aliphatic carbocycles. The van der Waals surface area contributed by atoms with Gasteiger partial charge in [-0.3, -0.25) is 0 Å². The lowest BCUT2D eigenvalue weighted by molar-refractivity contribution is -0.136. The number of nitriles is 1. The van der Waals surface area contributed by atoms with Crippen molar-refractivity contribution in [3.8, 4) is 17.3 Å². The van der Waals surface area contributed by atoms with Crippen LogP contribution in [0.15, 0.2) is 63.3 Å². The van der Waals surface area contributed by atoms with Gasteiger partial charge in [0.15, 0.2) is 0 Å². The summed E-state index contributed by atoms with van der Waals surface area (Å²) in [6, 6.07) is 12.4. The van der Waals surface area contributed by atoms with E-state index >= 15 is 0 Å². The summed E-state index contributed by atoms with van der Waals surface area (Å²) < 4.78 is 44.6. The van der Waals surface area contributed by atoms with Crippen LogP contribution >= 0.6 is 11.3 Å². The van der Waals surface area contributed by atoms with Gasteiger partial charge in [-0.1, -0.05) is 23.8 Å². The number of allylic oxidation sites excluding steroid dienone is 1. The molecule has 4 rings (SSSR count). The number of rotatable bonds is 4. The van der Waals surface area contributed by atoms with E-state index in [4.69, 9.17) is 4.42 Å². The number of aromatic nitrogens is 1. The van der Waals surface area contributed by atoms with Gasteiger partial charge in [-0.2, -0.15) is 18.4 Å². The molecule has 33 heavy (non-hydrogen) atoms. The first kappa shape index (κ1) is 22.3. The van der Waals surface area contributed by atoms with E-state index in [1.165, 1.54) is 35.7 Å². The molecule has 9 heteroatoms. The molecule has 0 aliphatic rings. The Labute approximate surface area is 190 Å². The SMILES string of the molecule is Cc1ccc(-c2csc(C(C#N)=CNc3ccc4c(C(F)(F)F)cc(=O)oc4c3)n2)c(C)c1. The van der Waals surface area contributed by atoms with Crippen molar-refractivity contribution in [2.75, 3.05) is 5.32 Å². The first-order valence-corrected chi connectivity index (χ1v) is 10.6. The van der Waals surface area contributed by atoms with Crippen LogP contribution in [0, 0.1) is 25.2 Å². The number of benzene rings is 2. The fourth-order valence-electron chi connectivity index (χ4n) is 3.41. The third-order valence-corrected chi connectivity index (χ3v) is 5.82. The van der Waals surface area contributed by atoms with Gasteiger partial charge in [0.25, 0.3) is 0 Å². The van der Waals surface area contributed by atoms with Crippen LogP contribution in [0.25, 0.3) is 27.8 Å². The molecule has 0 saturated heterocycles. The summed E-state index contributed by atoms with van der Waals surface area (Å²) in [5, 5.41) is 14.6. The number of anilines is 1. The van der Waals surface area contributed by atoms with Crippen molar-refractivity contribution < 1.29 is 17.6 Å². The van der Waals surface area contributed by atoms with Crippen LogP contribution < -0.4 is 10.9 Å². The minimum absolute atomic E-state index is 0.210. The lowest BCUT2D eigenvalue weighted by atomic mass is 10.0. The molecule has 2 aromatic heterocycles. The van der Waals surface area contributed by atoms with E-state index in [1.807, 2.05) is 31.4 Å². The Bertz CT molecular complexity index is 1490. The van der Waals surface area contributed by atoms with E-state index < -0.39 is 17.4 Å². The lowest BCUT2D eigenvalue weighted by Crippen LogP contribution is -2.11. The van der Waals surface area contributed by atoms with Crippen LogP contribution in [0.5, 0.6) is 0 Å². The number of alkyl halides is 3. The van der Waals surface area contributed by atoms with Crippen molar-refractivity contribution in [3.63, 3.8) is 0 Å². The maximum atomic E-state index is 13.2. The first-order chi connectivity index (χ1) is 15.7. The van der Waals surface area contributed by atoms with Crippen molar-refractivity contribution in [2.45, 2.75) is 20.0 Å². The monoisotopic (exact) mass is 467 g/mol. The largest absolute Gasteiger partial charge is 0.423 e. The predicted molar refractivity (Wildman–Crippen MR) is 122 cm³/mol. The normalized spacial score (nSPS) is 12.1. The standard InChI is InChI=1S/C24H16F3N3O2S/c1-13-3-5-17(14(2)7-13)20-12-33-23(30-20)15(10-28)11-29-16-4-6-18-19(24(25,26)27)9-22(31)32-21(18)8-16/h3-9,11-12,29H,1-2H3. The maximum absolute atomic E-state index is 13.2. The molecule has 0 aliphatic heterocycles. The quantitative estimate of drug-likeness (QED) is 0.273. The highest BCUT2D eigenvalue weighted by molar-refractivity contribution is 7.11. The highest BCUT2D eigenvalue weighted by Crippen LogP contribution is 2.35. The van der Waals surface area contributed by atoms with E-state index in [2.05, 4.69) is 22.4 Å². The molecule has 2 heterocycles. The molecule has 0 amide bonds. The first-order valence-electron chi connectivity index (χ1n) is 9.71. The molecule has 0 radical (unpaired) electrons. The molecule has 0 unspecified atom stereocenters. The van der Waals surface area contributed by atoms with Crippen LogP contribution in [0.1, 0.15) is 21.7 Å². The second-order valence-electron chi connectivity index (χ2n) is 7.36. The summed E-state index contributed by atoms with van der Waals surface area (Å²) in [4.78, 5) is 16.1. The molecule has 0 fully saturated rings. The van der Waals surface area contributed by atoms with Gasteiger partial charge in [-0.05, 0) is 31.5 Å². The summed E-state index contributed by atoms with van der Waals surface area (Å²) >= 11 is 1.31. The number of hydrogen-bond acceptors (Lipinski definition) is 6. The average molecular weight is 467 g/mol. The number of nitrogens with zero attached hydrogens (tertiary/aromatic N) is 2. The van der Waals surface area contributed by atoms with Crippen molar-refractivity contribution >= 4 is 33.6 Å². The fourth-order valence-corrected chi connectivity index (χ4v) is 4.19. The van der Waals surface area contributed by atoms with Crippen LogP contribution in [0.4, 0.5) is 18.9 Å². The Morgan fingerprint density at radius 2 is 1.97 bits per heavy atom. The molecule has 0 saturated carbocycles. The second-order valence-corrected chi connectivity index (χ2v) is 8.22. The number of halogens is 3. The third-order valence-electron chi connectivity index (χ3n) is 4.95. The Morgan fingerprint density at radius 3 is 2.67 bits per heavy atom. The van der Waals surface area contributed by atoms with Gasteiger partial charge in [0, 0.05) is 40.3 Å². The number of thiazole rings is 1. The van der Waals surface area contributed by atoms with Crippen LogP contribution in [-0.4, -0.2) is 4.98 Å². The van der Waals surface area contributed by atoms with Crippen LogP contribution in [-0.2, 0) is 6.18 Å². The molecule has 1 N–H and O–H groups in total. The topological polar surface area (TPSA) is 78.9 Å². The highest BCUT2D eigenvalue weighted by Gasteiger charge is 2.33. The van der Waals surface area contributed by atoms with Crippen LogP contribution in [0.2, 0.25) is 0 Å². The van der Waals surface area contributed by atoms with Crippen molar-refractivity contribution in [1.29, 1.82) is 5.26 Å². The van der Waals surface area contributed by atoms with E-state index in [1.54, 1.807) is 0 Å². The van der Waals surface area contributed by atoms with E-state index in [-0.39, 0.29) is 16.5 Å². The number of aryl methyl sites for hydroxylation is 2. The summed E-state index contributed by atoms with van der Waals surface area (Å²) in [7, 11) is 0. The molecular formula is C24H16F3N3O2S. The summed E-state index contributed by atoms with van der Waals surface area (Å²) in [5.41, 5.74) is 2.17. The third kappa shape index (κ3) is 4.66. The summed E-state index contributed by atoms with van der Waals surface area (Å²) in [6.45, 7) is 4.00. The van der Waals surface area contributed by atoms with Crippen molar-refractivity contribution in [3.05, 3.63) is 86.2 Å². The van der Waals surface area contributed by atoms with Crippen LogP contribution in [0.3, 0.4) is 0 Å². The lowest BCUT2D eigenvalue weighted by Gasteiger charge is -2.10. The summed E-state index contributed by atoms with van der Waals surface area (Å²) in [6.07, 6.45) is -3.27. The Kier molecular flexibility index (Phi) is 5.78. The van der Waals surface area contributed by atoms with Gasteiger partial charge in [0.05, 0.1) is 11.3 Å². The zero-order valence-corrected chi connectivity index (χ0v) is 18.3. The van der Waals surface area contributed by atoms with Gasteiger partial charge >= 0.3 is 11.8 Å². The molecular weight excluding hydrogens is 451 g/mol. The maximum Gasteiger partial charge on any atom is 0.417 e. The molecule has 166 valence electrons. The number of hydrogen-bond donors (Lipinski definition) is 1. The zero-order chi connectivity index (χ0) is 23.8. The molecule has 0 spiro atoms. The summed E-state index contributed by atoms with van der Waals surface area (Å²) in [5.74, 6) is 0. The second kappa shape index (κ2) is 8.56. The van der Waals surface area contributed by atoms with Gasteiger partial charge in [-0.25, -0.2) is 9.78 Å². The van der Waals surface area contributed by atoms with Gasteiger partial charge in [-0.15, -0.1) is 11.3 Å². The molecule has 2 aromatic carbocycles. The van der Waals surface area contributed by atoms with Gasteiger partial charge < -0.3 is 9.73 Å². The predicted octanol–water partition coefficient (Wildman–Crippen LogP) is 6.53. The van der Waals surface area contributed by atoms with Crippen molar-refractivity contribution in [1.82, 2.24) is 4.98 Å². The zero-order valence-electron chi connectivity index (χ0n) is 17.4. The van der Waals surface area contributed by atoms with Gasteiger partial charge in [0.1, 0.15) is 22.2 Å². The Morgan fingerprint density at radius 1 is 1.18 bits per heavy atom. The minimum Gasteiger partial charge on any atom is -0.423 e. The molecule has 4 aromatic rings. The van der Waals surface area contributed by atoms with E-state index in [0.29, 0.717) is 16.8 Å². The smallest absolute Gasteiger partial charge is 0.417 e. The van der Waals surface area contributed by atoms with E-state index in [0.717, 1.165) is 22.4 Å². The molecule has 0 atom stereocenters. The van der Waals surface area contributed by atoms with Gasteiger partial charge in [0.2, 0.25) is 0 Å². The average Bonchev–Trinajstić information content (AvgIpc) is 3.22. The van der Waals surface area contributed by atoms with E-state index in [9.17, 15) is 23.2 Å². The Balaban J connectivity index is 1.64. The fraction of sp³-hybridized carbons (Fsp3) is 0.125. The Hall–Kier alpha value is -3.90. The number of fused-ring (bicyclic) bond motifs is 1. The minimum atomic E-state index is -4.69.